The van der Waals surface area contributed by atoms with Crippen LogP contribution < -0.4 is 5.43 Å². The molecule has 1 N–H and O–H groups in total. The number of nitrogens with zero attached hydrogens (tertiary/aromatic N) is 2. The second kappa shape index (κ2) is 6.89. The third-order valence-corrected chi connectivity index (χ3v) is 3.12. The van der Waals surface area contributed by atoms with Crippen molar-refractivity contribution in [2.24, 2.45) is 5.10 Å². The van der Waals surface area contributed by atoms with Crippen molar-refractivity contribution in [2.75, 3.05) is 5.43 Å². The predicted molar refractivity (Wildman–Crippen MR) is 83.9 cm³/mol. The molecule has 0 heterocycles. The quantitative estimate of drug-likeness (QED) is 0.523. The van der Waals surface area contributed by atoms with Crippen molar-refractivity contribution in [3.8, 4) is 6.07 Å². The molecule has 0 saturated heterocycles. The van der Waals surface area contributed by atoms with Crippen LogP contribution >= 0.6 is 23.2 Å². The van der Waals surface area contributed by atoms with Gasteiger partial charge in [0.15, 0.2) is 0 Å². The van der Waals surface area contributed by atoms with E-state index in [1.54, 1.807) is 48.5 Å². The zero-order valence-electron chi connectivity index (χ0n) is 10.7. The fraction of sp³-hybridized carbons (Fsp3) is 0. The summed E-state index contributed by atoms with van der Waals surface area (Å²) in [6, 6.07) is 15.0. The molecule has 0 atom stereocenters. The second-order valence-electron chi connectivity index (χ2n) is 4.00. The lowest BCUT2D eigenvalue weighted by Crippen LogP contribution is -2.14. The molecule has 0 radical (unpaired) electrons. The molecule has 0 aliphatic heterocycles. The SMILES string of the molecule is N#C/C(=N/Nc1ccc(Cl)cc1Cl)C(=O)c1ccccc1. The second-order valence-corrected chi connectivity index (χ2v) is 4.85. The minimum atomic E-state index is -0.462. The molecule has 0 unspecified atom stereocenters. The third-order valence-electron chi connectivity index (χ3n) is 2.58. The van der Waals surface area contributed by atoms with Gasteiger partial charge in [0.25, 0.3) is 0 Å². The Bertz CT molecular complexity index is 736. The Hall–Kier alpha value is -2.35. The van der Waals surface area contributed by atoms with Crippen LogP contribution in [0.1, 0.15) is 10.4 Å². The van der Waals surface area contributed by atoms with Gasteiger partial charge in [-0.3, -0.25) is 10.2 Å². The summed E-state index contributed by atoms with van der Waals surface area (Å²) >= 11 is 11.8. The van der Waals surface area contributed by atoms with Crippen LogP contribution in [-0.4, -0.2) is 11.5 Å². The molecule has 0 fully saturated rings. The summed E-state index contributed by atoms with van der Waals surface area (Å²) in [4.78, 5) is 12.1. The Morgan fingerprint density at radius 2 is 1.86 bits per heavy atom. The molecule has 2 aromatic rings. The van der Waals surface area contributed by atoms with Crippen molar-refractivity contribution in [1.82, 2.24) is 0 Å². The van der Waals surface area contributed by atoms with E-state index in [9.17, 15) is 4.79 Å². The lowest BCUT2D eigenvalue weighted by molar-refractivity contribution is 0.106. The predicted octanol–water partition coefficient (Wildman–Crippen LogP) is 4.17. The smallest absolute Gasteiger partial charge is 0.223 e. The molecule has 0 aromatic heterocycles. The third kappa shape index (κ3) is 3.82. The maximum atomic E-state index is 12.1. The number of nitrogens with one attached hydrogen (secondary N) is 1. The Kier molecular flexibility index (Phi) is 4.94. The Balaban J connectivity index is 2.22. The number of benzene rings is 2. The molecule has 0 bridgehead atoms. The van der Waals surface area contributed by atoms with E-state index in [4.69, 9.17) is 28.5 Å². The fourth-order valence-electron chi connectivity index (χ4n) is 1.55. The van der Waals surface area contributed by atoms with Crippen molar-refractivity contribution in [2.45, 2.75) is 0 Å². The van der Waals surface area contributed by atoms with Gasteiger partial charge in [0.05, 0.1) is 10.7 Å². The van der Waals surface area contributed by atoms with Crippen LogP contribution in [0.5, 0.6) is 0 Å². The van der Waals surface area contributed by atoms with Gasteiger partial charge in [-0.2, -0.15) is 10.4 Å². The maximum Gasteiger partial charge on any atom is 0.223 e. The fourth-order valence-corrected chi connectivity index (χ4v) is 2.00. The number of hydrogen-bond donors (Lipinski definition) is 1. The van der Waals surface area contributed by atoms with Crippen LogP contribution in [0.4, 0.5) is 5.69 Å². The van der Waals surface area contributed by atoms with E-state index in [0.29, 0.717) is 21.3 Å². The van der Waals surface area contributed by atoms with E-state index < -0.39 is 5.78 Å². The molecule has 2 aromatic carbocycles. The Morgan fingerprint density at radius 3 is 2.48 bits per heavy atom. The molecule has 0 aliphatic carbocycles. The number of ketones is 1. The van der Waals surface area contributed by atoms with Crippen LogP contribution in [0.2, 0.25) is 10.0 Å². The summed E-state index contributed by atoms with van der Waals surface area (Å²) in [5, 5.41) is 13.7. The van der Waals surface area contributed by atoms with Crippen LogP contribution in [-0.2, 0) is 0 Å². The first-order valence-electron chi connectivity index (χ1n) is 5.90. The Labute approximate surface area is 131 Å². The van der Waals surface area contributed by atoms with Crippen LogP contribution in [0.15, 0.2) is 53.6 Å². The summed E-state index contributed by atoms with van der Waals surface area (Å²) < 4.78 is 0. The van der Waals surface area contributed by atoms with Crippen LogP contribution in [0.3, 0.4) is 0 Å². The number of carbonyl (C=O) groups is 1. The molecule has 2 rings (SSSR count). The molecular weight excluding hydrogens is 309 g/mol. The molecule has 21 heavy (non-hydrogen) atoms. The molecule has 0 amide bonds. The number of hydrogen-bond acceptors (Lipinski definition) is 4. The summed E-state index contributed by atoms with van der Waals surface area (Å²) in [7, 11) is 0. The van der Waals surface area contributed by atoms with E-state index in [1.807, 2.05) is 0 Å². The molecular formula is C15H9Cl2N3O. The molecule has 0 spiro atoms. The summed E-state index contributed by atoms with van der Waals surface area (Å²) in [6.45, 7) is 0. The van der Waals surface area contributed by atoms with E-state index in [0.717, 1.165) is 0 Å². The minimum Gasteiger partial charge on any atom is -0.286 e. The van der Waals surface area contributed by atoms with Gasteiger partial charge in [-0.25, -0.2) is 0 Å². The average Bonchev–Trinajstić information content (AvgIpc) is 2.50. The van der Waals surface area contributed by atoms with Gasteiger partial charge in [0, 0.05) is 10.6 Å². The maximum absolute atomic E-state index is 12.1. The van der Waals surface area contributed by atoms with E-state index in [1.165, 1.54) is 6.07 Å². The number of carbonyl (C=O) groups excluding carboxylic acids is 1. The first kappa shape index (κ1) is 15.0. The number of nitriles is 1. The highest BCUT2D eigenvalue weighted by atomic mass is 35.5. The first-order chi connectivity index (χ1) is 10.1. The van der Waals surface area contributed by atoms with Gasteiger partial charge < -0.3 is 0 Å². The first-order valence-corrected chi connectivity index (χ1v) is 6.66. The monoisotopic (exact) mass is 317 g/mol. The van der Waals surface area contributed by atoms with E-state index in [-0.39, 0.29) is 5.71 Å². The van der Waals surface area contributed by atoms with Crippen molar-refractivity contribution >= 4 is 40.4 Å². The number of halogens is 2. The largest absolute Gasteiger partial charge is 0.286 e. The van der Waals surface area contributed by atoms with Gasteiger partial charge in [0.1, 0.15) is 6.07 Å². The van der Waals surface area contributed by atoms with Gasteiger partial charge >= 0.3 is 0 Å². The van der Waals surface area contributed by atoms with Crippen LogP contribution in [0.25, 0.3) is 0 Å². The average molecular weight is 318 g/mol. The standard InChI is InChI=1S/C15H9Cl2N3O/c16-11-6-7-13(12(17)8-11)19-20-14(9-18)15(21)10-4-2-1-3-5-10/h1-8,19H/b20-14-. The topological polar surface area (TPSA) is 65.2 Å². The normalized spacial score (nSPS) is 10.8. The van der Waals surface area contributed by atoms with Crippen molar-refractivity contribution in [3.63, 3.8) is 0 Å². The van der Waals surface area contributed by atoms with Crippen molar-refractivity contribution in [1.29, 1.82) is 5.26 Å². The number of anilines is 1. The number of rotatable bonds is 4. The molecule has 6 heteroatoms. The number of hydrazone groups is 1. The highest BCUT2D eigenvalue weighted by molar-refractivity contribution is 6.51. The summed E-state index contributed by atoms with van der Waals surface area (Å²) in [6.07, 6.45) is 0. The zero-order valence-corrected chi connectivity index (χ0v) is 12.2. The molecule has 0 saturated carbocycles. The molecule has 4 nitrogen and oxygen atoms in total. The van der Waals surface area contributed by atoms with Gasteiger partial charge in [-0.15, -0.1) is 0 Å². The van der Waals surface area contributed by atoms with Gasteiger partial charge in [0.2, 0.25) is 11.5 Å². The van der Waals surface area contributed by atoms with Crippen LogP contribution in [0, 0.1) is 11.3 Å². The Morgan fingerprint density at radius 1 is 1.14 bits per heavy atom. The number of Topliss-reactive ketones (excluding diaryl/α,β-unsaturated/α-hetero) is 1. The summed E-state index contributed by atoms with van der Waals surface area (Å²) in [5.41, 5.74) is 3.18. The van der Waals surface area contributed by atoms with Crippen molar-refractivity contribution < 1.29 is 4.79 Å². The minimum absolute atomic E-state index is 0.257. The molecule has 0 aliphatic rings. The zero-order chi connectivity index (χ0) is 15.2. The highest BCUT2D eigenvalue weighted by Gasteiger charge is 2.13. The van der Waals surface area contributed by atoms with E-state index in [2.05, 4.69) is 10.5 Å². The van der Waals surface area contributed by atoms with Gasteiger partial charge in [-0.05, 0) is 18.2 Å². The lowest BCUT2D eigenvalue weighted by atomic mass is 10.1. The highest BCUT2D eigenvalue weighted by Crippen LogP contribution is 2.25. The molecule has 104 valence electrons. The lowest BCUT2D eigenvalue weighted by Gasteiger charge is -2.04. The van der Waals surface area contributed by atoms with Gasteiger partial charge in [-0.1, -0.05) is 53.5 Å². The van der Waals surface area contributed by atoms with E-state index >= 15 is 0 Å². The summed E-state index contributed by atoms with van der Waals surface area (Å²) in [5.74, 6) is -0.462. The van der Waals surface area contributed by atoms with Crippen molar-refractivity contribution in [3.05, 3.63) is 64.1 Å².